The minimum Gasteiger partial charge on any atom is -0.347 e. The number of carbonyl (C=O) groups is 2. The van der Waals surface area contributed by atoms with Crippen LogP contribution in [0.4, 0.5) is 0 Å². The van der Waals surface area contributed by atoms with Gasteiger partial charge in [-0.1, -0.05) is 13.8 Å². The van der Waals surface area contributed by atoms with Gasteiger partial charge in [-0.25, -0.2) is 0 Å². The molecule has 0 radical (unpaired) electrons. The fraction of sp³-hybridized carbons (Fsp3) is 0.588. The Balaban J connectivity index is 2.95. The topological polar surface area (TPSA) is 62.3 Å². The van der Waals surface area contributed by atoms with Crippen LogP contribution >= 0.6 is 0 Å². The fourth-order valence-corrected chi connectivity index (χ4v) is 2.13. The molecular formula is C17H27N3O2. The third-order valence-corrected chi connectivity index (χ3v) is 3.01. The van der Waals surface area contributed by atoms with Crippen molar-refractivity contribution in [1.82, 2.24) is 15.2 Å². The standard InChI is InChI=1S/C17H27N3O2/c1-6-8-20(9-7-2)16(22)14-10-13(11-18-12-14)15(21)19-17(3,4)5/h10-12H,6-9H2,1-5H3,(H,19,21). The van der Waals surface area contributed by atoms with E-state index in [1.165, 1.54) is 12.4 Å². The van der Waals surface area contributed by atoms with Gasteiger partial charge >= 0.3 is 0 Å². The normalized spacial score (nSPS) is 11.1. The van der Waals surface area contributed by atoms with Crippen molar-refractivity contribution >= 4 is 11.8 Å². The fourth-order valence-electron chi connectivity index (χ4n) is 2.13. The van der Waals surface area contributed by atoms with Crippen LogP contribution in [0.15, 0.2) is 18.5 Å². The van der Waals surface area contributed by atoms with Crippen LogP contribution in [0, 0.1) is 0 Å². The summed E-state index contributed by atoms with van der Waals surface area (Å²) in [6, 6.07) is 1.62. The highest BCUT2D eigenvalue weighted by Crippen LogP contribution is 2.10. The van der Waals surface area contributed by atoms with E-state index in [0.29, 0.717) is 24.2 Å². The molecule has 2 amide bonds. The number of hydrogen-bond acceptors (Lipinski definition) is 3. The lowest BCUT2D eigenvalue weighted by atomic mass is 10.1. The van der Waals surface area contributed by atoms with Crippen LogP contribution in [0.3, 0.4) is 0 Å². The number of carbonyl (C=O) groups excluding carboxylic acids is 2. The summed E-state index contributed by atoms with van der Waals surface area (Å²) in [7, 11) is 0. The molecule has 0 saturated heterocycles. The molecule has 1 N–H and O–H groups in total. The quantitative estimate of drug-likeness (QED) is 0.879. The number of hydrogen-bond donors (Lipinski definition) is 1. The van der Waals surface area contributed by atoms with Gasteiger partial charge in [0.05, 0.1) is 11.1 Å². The van der Waals surface area contributed by atoms with Crippen molar-refractivity contribution in [2.75, 3.05) is 13.1 Å². The first-order valence-corrected chi connectivity index (χ1v) is 7.85. The summed E-state index contributed by atoms with van der Waals surface area (Å²) in [5.74, 6) is -0.284. The molecule has 0 aliphatic rings. The summed E-state index contributed by atoms with van der Waals surface area (Å²) in [5, 5.41) is 2.88. The molecule has 0 spiro atoms. The van der Waals surface area contributed by atoms with E-state index < -0.39 is 0 Å². The van der Waals surface area contributed by atoms with Gasteiger partial charge < -0.3 is 10.2 Å². The summed E-state index contributed by atoms with van der Waals surface area (Å²) in [4.78, 5) is 30.6. The molecule has 5 heteroatoms. The van der Waals surface area contributed by atoms with Crippen LogP contribution in [0.5, 0.6) is 0 Å². The van der Waals surface area contributed by atoms with Crippen LogP contribution in [-0.4, -0.2) is 40.3 Å². The summed E-state index contributed by atoms with van der Waals surface area (Å²) in [6.07, 6.45) is 4.82. The molecule has 0 bridgehead atoms. The third-order valence-electron chi connectivity index (χ3n) is 3.01. The van der Waals surface area contributed by atoms with Crippen LogP contribution in [0.25, 0.3) is 0 Å². The van der Waals surface area contributed by atoms with E-state index in [9.17, 15) is 9.59 Å². The lowest BCUT2D eigenvalue weighted by Gasteiger charge is -2.22. The van der Waals surface area contributed by atoms with Crippen molar-refractivity contribution in [3.8, 4) is 0 Å². The van der Waals surface area contributed by atoms with Crippen LogP contribution in [0.2, 0.25) is 0 Å². The average Bonchev–Trinajstić information content (AvgIpc) is 2.44. The Morgan fingerprint density at radius 3 is 2.14 bits per heavy atom. The van der Waals surface area contributed by atoms with Gasteiger partial charge in [-0.3, -0.25) is 14.6 Å². The summed E-state index contributed by atoms with van der Waals surface area (Å²) >= 11 is 0. The van der Waals surface area contributed by atoms with E-state index in [4.69, 9.17) is 0 Å². The van der Waals surface area contributed by atoms with Gasteiger partial charge in [-0.15, -0.1) is 0 Å². The molecule has 122 valence electrons. The third kappa shape index (κ3) is 5.47. The highest BCUT2D eigenvalue weighted by Gasteiger charge is 2.19. The largest absolute Gasteiger partial charge is 0.347 e. The van der Waals surface area contributed by atoms with Crippen molar-refractivity contribution in [3.63, 3.8) is 0 Å². The zero-order chi connectivity index (χ0) is 16.8. The van der Waals surface area contributed by atoms with Gasteiger partial charge in [0.25, 0.3) is 11.8 Å². The zero-order valence-corrected chi connectivity index (χ0v) is 14.3. The van der Waals surface area contributed by atoms with Gasteiger partial charge in [0.15, 0.2) is 0 Å². The summed E-state index contributed by atoms with van der Waals surface area (Å²) in [6.45, 7) is 11.3. The molecule has 5 nitrogen and oxygen atoms in total. The van der Waals surface area contributed by atoms with E-state index in [0.717, 1.165) is 12.8 Å². The average molecular weight is 305 g/mol. The Bertz CT molecular complexity index is 515. The van der Waals surface area contributed by atoms with E-state index in [1.54, 1.807) is 6.07 Å². The molecule has 0 aliphatic heterocycles. The maximum Gasteiger partial charge on any atom is 0.255 e. The number of amides is 2. The molecule has 0 aromatic carbocycles. The van der Waals surface area contributed by atoms with Crippen molar-refractivity contribution in [1.29, 1.82) is 0 Å². The van der Waals surface area contributed by atoms with Crippen LogP contribution in [-0.2, 0) is 0 Å². The Morgan fingerprint density at radius 2 is 1.64 bits per heavy atom. The lowest BCUT2D eigenvalue weighted by molar-refractivity contribution is 0.0755. The SMILES string of the molecule is CCCN(CCC)C(=O)c1cncc(C(=O)NC(C)(C)C)c1. The van der Waals surface area contributed by atoms with Crippen molar-refractivity contribution < 1.29 is 9.59 Å². The molecule has 1 heterocycles. The van der Waals surface area contributed by atoms with E-state index in [2.05, 4.69) is 10.3 Å². The lowest BCUT2D eigenvalue weighted by Crippen LogP contribution is -2.40. The highest BCUT2D eigenvalue weighted by atomic mass is 16.2. The minimum atomic E-state index is -0.326. The summed E-state index contributed by atoms with van der Waals surface area (Å²) in [5.41, 5.74) is 0.547. The Kier molecular flexibility index (Phi) is 6.53. The monoisotopic (exact) mass is 305 g/mol. The Hall–Kier alpha value is -1.91. The molecule has 0 saturated carbocycles. The number of pyridine rings is 1. The van der Waals surface area contributed by atoms with Crippen molar-refractivity contribution in [2.24, 2.45) is 0 Å². The van der Waals surface area contributed by atoms with E-state index >= 15 is 0 Å². The van der Waals surface area contributed by atoms with Gasteiger partial charge in [0, 0.05) is 31.0 Å². The smallest absolute Gasteiger partial charge is 0.255 e. The molecule has 1 rings (SSSR count). The minimum absolute atomic E-state index is 0.0680. The molecule has 0 fully saturated rings. The molecule has 0 unspecified atom stereocenters. The predicted molar refractivity (Wildman–Crippen MR) is 87.9 cm³/mol. The van der Waals surface area contributed by atoms with Gasteiger partial charge in [-0.05, 0) is 39.7 Å². The second-order valence-electron chi connectivity index (χ2n) is 6.46. The second-order valence-corrected chi connectivity index (χ2v) is 6.46. The first-order chi connectivity index (χ1) is 10.3. The summed E-state index contributed by atoms with van der Waals surface area (Å²) < 4.78 is 0. The Morgan fingerprint density at radius 1 is 1.09 bits per heavy atom. The maximum absolute atomic E-state index is 12.5. The molecule has 22 heavy (non-hydrogen) atoms. The van der Waals surface area contributed by atoms with E-state index in [-0.39, 0.29) is 17.4 Å². The van der Waals surface area contributed by atoms with Crippen molar-refractivity contribution in [3.05, 3.63) is 29.6 Å². The predicted octanol–water partition coefficient (Wildman–Crippen LogP) is 2.87. The molecule has 1 aromatic rings. The maximum atomic E-state index is 12.5. The first kappa shape index (κ1) is 18.1. The van der Waals surface area contributed by atoms with E-state index in [1.807, 2.05) is 39.5 Å². The Labute approximate surface area is 133 Å². The highest BCUT2D eigenvalue weighted by molar-refractivity contribution is 5.99. The molecule has 0 atom stereocenters. The first-order valence-electron chi connectivity index (χ1n) is 7.85. The zero-order valence-electron chi connectivity index (χ0n) is 14.3. The van der Waals surface area contributed by atoms with Crippen molar-refractivity contribution in [2.45, 2.75) is 53.0 Å². The van der Waals surface area contributed by atoms with Gasteiger partial charge in [0.2, 0.25) is 0 Å². The molecular weight excluding hydrogens is 278 g/mol. The molecule has 0 aliphatic carbocycles. The van der Waals surface area contributed by atoms with Gasteiger partial charge in [-0.2, -0.15) is 0 Å². The number of nitrogens with zero attached hydrogens (tertiary/aromatic N) is 2. The number of aromatic nitrogens is 1. The number of rotatable bonds is 6. The number of nitrogens with one attached hydrogen (secondary N) is 1. The van der Waals surface area contributed by atoms with Gasteiger partial charge in [0.1, 0.15) is 0 Å². The second kappa shape index (κ2) is 7.92. The van der Waals surface area contributed by atoms with Crippen LogP contribution < -0.4 is 5.32 Å². The van der Waals surface area contributed by atoms with Crippen LogP contribution in [0.1, 0.15) is 68.2 Å². The molecule has 1 aromatic heterocycles.